The Kier molecular flexibility index (Phi) is 4.28. The molecule has 6 heteroatoms. The van der Waals surface area contributed by atoms with E-state index in [0.29, 0.717) is 12.5 Å². The van der Waals surface area contributed by atoms with E-state index < -0.39 is 6.10 Å². The van der Waals surface area contributed by atoms with Crippen LogP contribution < -0.4 is 10.2 Å². The summed E-state index contributed by atoms with van der Waals surface area (Å²) in [7, 11) is 3.64. The summed E-state index contributed by atoms with van der Waals surface area (Å²) < 4.78 is 0.810. The van der Waals surface area contributed by atoms with Crippen LogP contribution >= 0.6 is 15.9 Å². The SMILES string of the molecule is CNc1ncc(Br)c(N(C)CC(C)O)n1. The van der Waals surface area contributed by atoms with E-state index >= 15 is 0 Å². The van der Waals surface area contributed by atoms with E-state index in [2.05, 4.69) is 31.2 Å². The second-order valence-electron chi connectivity index (χ2n) is 3.34. The van der Waals surface area contributed by atoms with Crippen molar-refractivity contribution in [3.05, 3.63) is 10.7 Å². The van der Waals surface area contributed by atoms with Gasteiger partial charge >= 0.3 is 0 Å². The van der Waals surface area contributed by atoms with E-state index in [0.717, 1.165) is 10.3 Å². The highest BCUT2D eigenvalue weighted by Gasteiger charge is 2.11. The fourth-order valence-corrected chi connectivity index (χ4v) is 1.72. The van der Waals surface area contributed by atoms with Gasteiger partial charge in [-0.05, 0) is 22.9 Å². The van der Waals surface area contributed by atoms with Gasteiger partial charge in [-0.2, -0.15) is 4.98 Å². The molecule has 1 atom stereocenters. The van der Waals surface area contributed by atoms with Crippen LogP contribution in [-0.4, -0.2) is 41.8 Å². The molecule has 0 fully saturated rings. The van der Waals surface area contributed by atoms with Crippen LogP contribution in [0.15, 0.2) is 10.7 Å². The standard InChI is InChI=1S/C9H15BrN4O/c1-6(15)5-14(3)8-7(10)4-12-9(11-2)13-8/h4,6,15H,5H2,1-3H3,(H,11,12,13). The number of aliphatic hydroxyl groups excluding tert-OH is 1. The molecule has 0 saturated carbocycles. The van der Waals surface area contributed by atoms with Crippen molar-refractivity contribution in [1.29, 1.82) is 0 Å². The van der Waals surface area contributed by atoms with Crippen molar-refractivity contribution in [2.45, 2.75) is 13.0 Å². The third-order valence-electron chi connectivity index (χ3n) is 1.85. The summed E-state index contributed by atoms with van der Waals surface area (Å²) in [6, 6.07) is 0. The van der Waals surface area contributed by atoms with Crippen LogP contribution in [0, 0.1) is 0 Å². The number of halogens is 1. The van der Waals surface area contributed by atoms with Gasteiger partial charge in [-0.1, -0.05) is 0 Å². The van der Waals surface area contributed by atoms with Crippen molar-refractivity contribution < 1.29 is 5.11 Å². The molecule has 84 valence electrons. The van der Waals surface area contributed by atoms with Crippen molar-refractivity contribution in [3.63, 3.8) is 0 Å². The van der Waals surface area contributed by atoms with Crippen LogP contribution in [0.2, 0.25) is 0 Å². The predicted molar refractivity (Wildman–Crippen MR) is 64.2 cm³/mol. The van der Waals surface area contributed by atoms with E-state index in [1.807, 2.05) is 11.9 Å². The lowest BCUT2D eigenvalue weighted by Gasteiger charge is -2.21. The average molecular weight is 275 g/mol. The molecule has 2 N–H and O–H groups in total. The lowest BCUT2D eigenvalue weighted by atomic mass is 10.4. The molecule has 1 unspecified atom stereocenters. The zero-order chi connectivity index (χ0) is 11.4. The number of nitrogens with zero attached hydrogens (tertiary/aromatic N) is 3. The minimum atomic E-state index is -0.394. The highest BCUT2D eigenvalue weighted by Crippen LogP contribution is 2.23. The van der Waals surface area contributed by atoms with Crippen molar-refractivity contribution in [3.8, 4) is 0 Å². The monoisotopic (exact) mass is 274 g/mol. The van der Waals surface area contributed by atoms with Crippen LogP contribution in [0.4, 0.5) is 11.8 Å². The summed E-state index contributed by atoms with van der Waals surface area (Å²) >= 11 is 3.37. The number of hydrogen-bond donors (Lipinski definition) is 2. The first kappa shape index (κ1) is 12.2. The maximum Gasteiger partial charge on any atom is 0.224 e. The van der Waals surface area contributed by atoms with Crippen molar-refractivity contribution in [1.82, 2.24) is 9.97 Å². The molecule has 1 rings (SSSR count). The summed E-state index contributed by atoms with van der Waals surface area (Å²) in [5, 5.41) is 12.2. The molecule has 0 amide bonds. The second-order valence-corrected chi connectivity index (χ2v) is 4.20. The minimum absolute atomic E-state index is 0.394. The van der Waals surface area contributed by atoms with Gasteiger partial charge in [-0.25, -0.2) is 4.98 Å². The number of aliphatic hydroxyl groups is 1. The van der Waals surface area contributed by atoms with Crippen molar-refractivity contribution in [2.75, 3.05) is 30.9 Å². The first-order valence-electron chi connectivity index (χ1n) is 4.64. The number of anilines is 2. The molecule has 1 aromatic rings. The highest BCUT2D eigenvalue weighted by atomic mass is 79.9. The second kappa shape index (κ2) is 5.27. The Labute approximate surface area is 97.7 Å². The first-order chi connectivity index (χ1) is 7.04. The molecule has 0 radical (unpaired) electrons. The number of aromatic nitrogens is 2. The Bertz CT molecular complexity index is 332. The summed E-state index contributed by atoms with van der Waals surface area (Å²) in [5.41, 5.74) is 0. The number of likely N-dealkylation sites (N-methyl/N-ethyl adjacent to an activating group) is 1. The predicted octanol–water partition coefficient (Wildman–Crippen LogP) is 1.10. The zero-order valence-electron chi connectivity index (χ0n) is 9.03. The molecule has 0 bridgehead atoms. The van der Waals surface area contributed by atoms with Gasteiger partial charge in [0.2, 0.25) is 5.95 Å². The van der Waals surface area contributed by atoms with Crippen LogP contribution in [0.25, 0.3) is 0 Å². The van der Waals surface area contributed by atoms with E-state index in [1.165, 1.54) is 0 Å². The third kappa shape index (κ3) is 3.32. The summed E-state index contributed by atoms with van der Waals surface area (Å²) in [5.74, 6) is 1.32. The maximum atomic E-state index is 9.29. The Morgan fingerprint density at radius 2 is 2.33 bits per heavy atom. The van der Waals surface area contributed by atoms with Crippen LogP contribution in [0.1, 0.15) is 6.92 Å². The Hall–Kier alpha value is -0.880. The van der Waals surface area contributed by atoms with Crippen molar-refractivity contribution in [2.24, 2.45) is 0 Å². The van der Waals surface area contributed by atoms with Crippen LogP contribution in [0.5, 0.6) is 0 Å². The Balaban J connectivity index is 2.91. The number of hydrogen-bond acceptors (Lipinski definition) is 5. The average Bonchev–Trinajstić information content (AvgIpc) is 2.17. The zero-order valence-corrected chi connectivity index (χ0v) is 10.6. The summed E-state index contributed by atoms with van der Waals surface area (Å²) in [4.78, 5) is 10.2. The smallest absolute Gasteiger partial charge is 0.224 e. The van der Waals surface area contributed by atoms with Gasteiger partial charge in [0.05, 0.1) is 10.6 Å². The molecule has 0 aliphatic heterocycles. The van der Waals surface area contributed by atoms with Crippen molar-refractivity contribution >= 4 is 27.7 Å². The summed E-state index contributed by atoms with van der Waals surface area (Å²) in [6.07, 6.45) is 1.29. The molecule has 0 aliphatic carbocycles. The van der Waals surface area contributed by atoms with Gasteiger partial charge in [0.15, 0.2) is 0 Å². The minimum Gasteiger partial charge on any atom is -0.392 e. The van der Waals surface area contributed by atoms with Gasteiger partial charge in [-0.15, -0.1) is 0 Å². The molecule has 0 saturated heterocycles. The van der Waals surface area contributed by atoms with Crippen LogP contribution in [-0.2, 0) is 0 Å². The normalized spacial score (nSPS) is 12.3. The fraction of sp³-hybridized carbons (Fsp3) is 0.556. The lowest BCUT2D eigenvalue weighted by molar-refractivity contribution is 0.201. The molecule has 0 spiro atoms. The van der Waals surface area contributed by atoms with Gasteiger partial charge in [-0.3, -0.25) is 0 Å². The Morgan fingerprint density at radius 1 is 1.67 bits per heavy atom. The summed E-state index contributed by atoms with van der Waals surface area (Å²) in [6.45, 7) is 2.27. The van der Waals surface area contributed by atoms with E-state index in [1.54, 1.807) is 20.2 Å². The quantitative estimate of drug-likeness (QED) is 0.861. The van der Waals surface area contributed by atoms with Gasteiger partial charge < -0.3 is 15.3 Å². The molecule has 0 aromatic carbocycles. The topological polar surface area (TPSA) is 61.3 Å². The molecule has 0 aliphatic rings. The number of rotatable bonds is 4. The van der Waals surface area contributed by atoms with Gasteiger partial charge in [0.25, 0.3) is 0 Å². The fourth-order valence-electron chi connectivity index (χ4n) is 1.23. The molecular weight excluding hydrogens is 260 g/mol. The first-order valence-corrected chi connectivity index (χ1v) is 5.43. The highest BCUT2D eigenvalue weighted by molar-refractivity contribution is 9.10. The maximum absolute atomic E-state index is 9.29. The van der Waals surface area contributed by atoms with E-state index in [9.17, 15) is 5.11 Å². The molecule has 1 heterocycles. The van der Waals surface area contributed by atoms with Crippen LogP contribution in [0.3, 0.4) is 0 Å². The molecule has 1 aromatic heterocycles. The van der Waals surface area contributed by atoms with E-state index in [4.69, 9.17) is 0 Å². The number of nitrogens with one attached hydrogen (secondary N) is 1. The molecular formula is C9H15BrN4O. The molecule has 5 nitrogen and oxygen atoms in total. The van der Waals surface area contributed by atoms with Gasteiger partial charge in [0.1, 0.15) is 5.82 Å². The third-order valence-corrected chi connectivity index (χ3v) is 2.41. The van der Waals surface area contributed by atoms with E-state index in [-0.39, 0.29) is 0 Å². The Morgan fingerprint density at radius 3 is 2.87 bits per heavy atom. The van der Waals surface area contributed by atoms with Gasteiger partial charge in [0, 0.05) is 26.8 Å². The molecule has 15 heavy (non-hydrogen) atoms. The largest absolute Gasteiger partial charge is 0.392 e. The lowest BCUT2D eigenvalue weighted by Crippen LogP contribution is -2.28.